The number of hydrogen-bond donors (Lipinski definition) is 2. The van der Waals surface area contributed by atoms with Gasteiger partial charge in [0.05, 0.1) is 35.8 Å². The van der Waals surface area contributed by atoms with Crippen LogP contribution in [0.5, 0.6) is 0 Å². The summed E-state index contributed by atoms with van der Waals surface area (Å²) in [5.41, 5.74) is 1.81. The summed E-state index contributed by atoms with van der Waals surface area (Å²) in [6.07, 6.45) is 4.66. The predicted molar refractivity (Wildman–Crippen MR) is 101 cm³/mol. The fraction of sp³-hybridized carbons (Fsp3) is 0.300. The van der Waals surface area contributed by atoms with E-state index in [0.717, 1.165) is 24.9 Å². The van der Waals surface area contributed by atoms with Crippen LogP contribution in [0.25, 0.3) is 11.4 Å². The number of H-pyrrole nitrogens is 1. The highest BCUT2D eigenvalue weighted by Gasteiger charge is 2.24. The number of nitrogens with one attached hydrogen (secondary N) is 2. The molecule has 1 fully saturated rings. The van der Waals surface area contributed by atoms with Crippen molar-refractivity contribution in [3.8, 4) is 17.5 Å². The Kier molecular flexibility index (Phi) is 5.00. The third kappa shape index (κ3) is 3.85. The molecule has 28 heavy (non-hydrogen) atoms. The maximum atomic E-state index is 14.4. The minimum absolute atomic E-state index is 0.146. The van der Waals surface area contributed by atoms with Gasteiger partial charge < -0.3 is 15.0 Å². The summed E-state index contributed by atoms with van der Waals surface area (Å²) in [5, 5.41) is 12.0. The van der Waals surface area contributed by atoms with Gasteiger partial charge in [0.1, 0.15) is 11.5 Å². The van der Waals surface area contributed by atoms with Crippen LogP contribution in [0.1, 0.15) is 37.1 Å². The molecular formula is C20H19FN6O. The molecule has 3 heterocycles. The monoisotopic (exact) mass is 378 g/mol. The van der Waals surface area contributed by atoms with E-state index in [4.69, 9.17) is 10.00 Å². The number of ether oxygens (including phenoxy) is 1. The van der Waals surface area contributed by atoms with E-state index in [1.807, 2.05) is 6.92 Å². The van der Waals surface area contributed by atoms with Gasteiger partial charge in [0.2, 0.25) is 5.95 Å². The molecule has 4 rings (SSSR count). The molecule has 1 aliphatic rings. The van der Waals surface area contributed by atoms with Crippen LogP contribution in [0.2, 0.25) is 0 Å². The van der Waals surface area contributed by atoms with E-state index in [1.54, 1.807) is 30.5 Å². The molecule has 7 nitrogen and oxygen atoms in total. The van der Waals surface area contributed by atoms with E-state index >= 15 is 0 Å². The Morgan fingerprint density at radius 1 is 1.32 bits per heavy atom. The molecule has 2 aromatic heterocycles. The van der Waals surface area contributed by atoms with Crippen molar-refractivity contribution in [1.29, 1.82) is 5.26 Å². The van der Waals surface area contributed by atoms with Crippen molar-refractivity contribution < 1.29 is 9.13 Å². The van der Waals surface area contributed by atoms with Crippen molar-refractivity contribution in [2.75, 3.05) is 11.9 Å². The molecule has 8 heteroatoms. The number of halogens is 1. The Balaban J connectivity index is 1.58. The molecule has 1 aromatic carbocycles. The zero-order chi connectivity index (χ0) is 19.5. The summed E-state index contributed by atoms with van der Waals surface area (Å²) >= 11 is 0. The van der Waals surface area contributed by atoms with Gasteiger partial charge in [0.25, 0.3) is 0 Å². The Morgan fingerprint density at radius 3 is 3.04 bits per heavy atom. The van der Waals surface area contributed by atoms with Crippen LogP contribution in [-0.4, -0.2) is 32.6 Å². The maximum absolute atomic E-state index is 14.4. The van der Waals surface area contributed by atoms with Crippen molar-refractivity contribution in [3.05, 3.63) is 53.9 Å². The average Bonchev–Trinajstić information content (AvgIpc) is 3.20. The van der Waals surface area contributed by atoms with Crippen LogP contribution in [0, 0.1) is 17.1 Å². The predicted octanol–water partition coefficient (Wildman–Crippen LogP) is 3.90. The summed E-state index contributed by atoms with van der Waals surface area (Å²) < 4.78 is 19.9. The second kappa shape index (κ2) is 7.74. The Bertz CT molecular complexity index is 1030. The number of aromatic amines is 1. The molecule has 0 amide bonds. The van der Waals surface area contributed by atoms with Crippen LogP contribution >= 0.6 is 0 Å². The Labute approximate surface area is 161 Å². The highest BCUT2D eigenvalue weighted by Crippen LogP contribution is 2.30. The van der Waals surface area contributed by atoms with Crippen LogP contribution in [0.3, 0.4) is 0 Å². The van der Waals surface area contributed by atoms with Crippen LogP contribution in [-0.2, 0) is 4.74 Å². The Morgan fingerprint density at radius 2 is 2.21 bits per heavy atom. The molecular weight excluding hydrogens is 359 g/mol. The van der Waals surface area contributed by atoms with Crippen molar-refractivity contribution in [2.45, 2.75) is 31.8 Å². The van der Waals surface area contributed by atoms with Crippen LogP contribution in [0.15, 0.2) is 36.7 Å². The topological polar surface area (TPSA) is 99.5 Å². The summed E-state index contributed by atoms with van der Waals surface area (Å²) in [6.45, 7) is 2.74. The van der Waals surface area contributed by atoms with Crippen molar-refractivity contribution in [3.63, 3.8) is 0 Å². The van der Waals surface area contributed by atoms with Crippen LogP contribution in [0.4, 0.5) is 16.0 Å². The number of hydrogen-bond acceptors (Lipinski definition) is 6. The van der Waals surface area contributed by atoms with E-state index in [9.17, 15) is 4.39 Å². The second-order valence-electron chi connectivity index (χ2n) is 6.79. The van der Waals surface area contributed by atoms with Crippen molar-refractivity contribution in [1.82, 2.24) is 19.9 Å². The molecule has 142 valence electrons. The number of rotatable bonds is 4. The van der Waals surface area contributed by atoms with Gasteiger partial charge in [0.15, 0.2) is 5.82 Å². The molecule has 0 spiro atoms. The van der Waals surface area contributed by atoms with E-state index in [2.05, 4.69) is 31.3 Å². The summed E-state index contributed by atoms with van der Waals surface area (Å²) in [7, 11) is 0. The molecule has 2 unspecified atom stereocenters. The third-order valence-electron chi connectivity index (χ3n) is 4.71. The highest BCUT2D eigenvalue weighted by atomic mass is 19.1. The number of nitrogens with zero attached hydrogens (tertiary/aromatic N) is 4. The van der Waals surface area contributed by atoms with Gasteiger partial charge in [-0.25, -0.2) is 19.3 Å². The number of imidazole rings is 1. The van der Waals surface area contributed by atoms with Gasteiger partial charge in [-0.3, -0.25) is 0 Å². The maximum Gasteiger partial charge on any atom is 0.227 e. The first kappa shape index (κ1) is 18.1. The zero-order valence-corrected chi connectivity index (χ0v) is 15.3. The summed E-state index contributed by atoms with van der Waals surface area (Å²) in [5.74, 6) is 0.780. The molecule has 0 radical (unpaired) electrons. The molecule has 3 aromatic rings. The number of benzene rings is 1. The SMILES string of the molecule is CC1CC(c2ncc(-c3nc(Nc4cccc(C#N)c4)ncc3F)[nH]2)CCO1. The van der Waals surface area contributed by atoms with Gasteiger partial charge in [-0.1, -0.05) is 6.07 Å². The quantitative estimate of drug-likeness (QED) is 0.714. The standard InChI is InChI=1S/C20H19FN6O/c1-12-7-14(5-6-28-12)19-23-11-17(26-19)18-16(21)10-24-20(27-18)25-15-4-2-3-13(8-15)9-22/h2-4,8,10-12,14H,5-7H2,1H3,(H,23,26)(H,24,25,27). The number of aromatic nitrogens is 4. The van der Waals surface area contributed by atoms with Gasteiger partial charge in [-0.2, -0.15) is 5.26 Å². The first-order valence-electron chi connectivity index (χ1n) is 9.09. The lowest BCUT2D eigenvalue weighted by atomic mass is 9.96. The largest absolute Gasteiger partial charge is 0.378 e. The summed E-state index contributed by atoms with van der Waals surface area (Å²) in [4.78, 5) is 15.9. The fourth-order valence-electron chi connectivity index (χ4n) is 3.32. The molecule has 1 saturated heterocycles. The van der Waals surface area contributed by atoms with E-state index in [1.165, 1.54) is 0 Å². The lowest BCUT2D eigenvalue weighted by molar-refractivity contribution is 0.0174. The number of nitriles is 1. The molecule has 0 saturated carbocycles. The molecule has 2 atom stereocenters. The first-order valence-corrected chi connectivity index (χ1v) is 9.09. The first-order chi connectivity index (χ1) is 13.6. The molecule has 1 aliphatic heterocycles. The minimum Gasteiger partial charge on any atom is -0.378 e. The van der Waals surface area contributed by atoms with Gasteiger partial charge in [-0.15, -0.1) is 0 Å². The molecule has 0 bridgehead atoms. The lowest BCUT2D eigenvalue weighted by Crippen LogP contribution is -2.22. The normalized spacial score (nSPS) is 19.2. The van der Waals surface area contributed by atoms with Crippen molar-refractivity contribution >= 4 is 11.6 Å². The number of anilines is 2. The second-order valence-corrected chi connectivity index (χ2v) is 6.79. The van der Waals surface area contributed by atoms with Crippen LogP contribution < -0.4 is 5.32 Å². The van der Waals surface area contributed by atoms with E-state index < -0.39 is 5.82 Å². The van der Waals surface area contributed by atoms with Gasteiger partial charge in [0, 0.05) is 18.2 Å². The smallest absolute Gasteiger partial charge is 0.227 e. The molecule has 0 aliphatic carbocycles. The van der Waals surface area contributed by atoms with Gasteiger partial charge in [-0.05, 0) is 38.0 Å². The van der Waals surface area contributed by atoms with E-state index in [-0.39, 0.29) is 23.7 Å². The fourth-order valence-corrected chi connectivity index (χ4v) is 3.32. The zero-order valence-electron chi connectivity index (χ0n) is 15.3. The Hall–Kier alpha value is -3.31. The minimum atomic E-state index is -0.535. The lowest BCUT2D eigenvalue weighted by Gasteiger charge is -2.25. The van der Waals surface area contributed by atoms with E-state index in [0.29, 0.717) is 23.6 Å². The average molecular weight is 378 g/mol. The highest BCUT2D eigenvalue weighted by molar-refractivity contribution is 5.60. The molecule has 2 N–H and O–H groups in total. The third-order valence-corrected chi connectivity index (χ3v) is 4.71. The van der Waals surface area contributed by atoms with Crippen molar-refractivity contribution in [2.24, 2.45) is 0 Å². The van der Waals surface area contributed by atoms with Gasteiger partial charge >= 0.3 is 0 Å². The summed E-state index contributed by atoms with van der Waals surface area (Å²) in [6, 6.07) is 8.98.